The Kier molecular flexibility index (Phi) is 3.44. The van der Waals surface area contributed by atoms with E-state index in [-0.39, 0.29) is 5.91 Å². The highest BCUT2D eigenvalue weighted by Gasteiger charge is 2.08. The largest absolute Gasteiger partial charge is 0.496 e. The lowest BCUT2D eigenvalue weighted by Crippen LogP contribution is -2.08. The first kappa shape index (κ1) is 11.2. The van der Waals surface area contributed by atoms with Gasteiger partial charge in [-0.25, -0.2) is 0 Å². The van der Waals surface area contributed by atoms with E-state index in [1.54, 1.807) is 12.1 Å². The Morgan fingerprint density at radius 2 is 2.13 bits per heavy atom. The van der Waals surface area contributed by atoms with Crippen molar-refractivity contribution < 1.29 is 14.3 Å². The minimum Gasteiger partial charge on any atom is -0.496 e. The summed E-state index contributed by atoms with van der Waals surface area (Å²) in [5, 5.41) is 2.59. The molecule has 4 heteroatoms. The second-order valence-corrected chi connectivity index (χ2v) is 3.21. The summed E-state index contributed by atoms with van der Waals surface area (Å²) < 4.78 is 5.08. The lowest BCUT2D eigenvalue weighted by molar-refractivity contribution is -0.114. The monoisotopic (exact) mass is 207 g/mol. The molecule has 1 N–H and O–H groups in total. The smallest absolute Gasteiger partial charge is 0.221 e. The van der Waals surface area contributed by atoms with E-state index >= 15 is 0 Å². The van der Waals surface area contributed by atoms with Crippen molar-refractivity contribution in [3.8, 4) is 5.75 Å². The minimum atomic E-state index is -0.206. The number of anilines is 1. The van der Waals surface area contributed by atoms with Crippen LogP contribution in [-0.4, -0.2) is 19.3 Å². The van der Waals surface area contributed by atoms with Crippen LogP contribution in [0.15, 0.2) is 12.1 Å². The lowest BCUT2D eigenvalue weighted by atomic mass is 10.1. The predicted octanol–water partition coefficient (Wildman–Crippen LogP) is 1.77. The third kappa shape index (κ3) is 2.56. The van der Waals surface area contributed by atoms with Gasteiger partial charge in [-0.2, -0.15) is 0 Å². The number of nitrogens with one attached hydrogen (secondary N) is 1. The molecule has 15 heavy (non-hydrogen) atoms. The van der Waals surface area contributed by atoms with Gasteiger partial charge in [0, 0.05) is 12.5 Å². The first-order valence-electron chi connectivity index (χ1n) is 4.50. The SMILES string of the molecule is COc1cc(C=O)c(NC(C)=O)cc1C. The van der Waals surface area contributed by atoms with Crippen LogP contribution < -0.4 is 10.1 Å². The molecule has 0 radical (unpaired) electrons. The van der Waals surface area contributed by atoms with Gasteiger partial charge in [0.15, 0.2) is 6.29 Å². The summed E-state index contributed by atoms with van der Waals surface area (Å²) in [6.45, 7) is 3.24. The third-order valence-corrected chi connectivity index (χ3v) is 2.00. The van der Waals surface area contributed by atoms with Gasteiger partial charge in [0.2, 0.25) is 5.91 Å². The Morgan fingerprint density at radius 3 is 2.60 bits per heavy atom. The highest BCUT2D eigenvalue weighted by Crippen LogP contribution is 2.25. The molecule has 0 unspecified atom stereocenters. The first-order chi connectivity index (χ1) is 7.08. The third-order valence-electron chi connectivity index (χ3n) is 2.00. The molecular weight excluding hydrogens is 194 g/mol. The summed E-state index contributed by atoms with van der Waals surface area (Å²) in [6, 6.07) is 3.32. The van der Waals surface area contributed by atoms with E-state index in [0.717, 1.165) is 5.56 Å². The summed E-state index contributed by atoms with van der Waals surface area (Å²) >= 11 is 0. The Bertz CT molecular complexity index is 399. The van der Waals surface area contributed by atoms with Crippen LogP contribution in [0, 0.1) is 6.92 Å². The van der Waals surface area contributed by atoms with E-state index in [0.29, 0.717) is 23.3 Å². The topological polar surface area (TPSA) is 55.4 Å². The van der Waals surface area contributed by atoms with Crippen molar-refractivity contribution in [3.63, 3.8) is 0 Å². The highest BCUT2D eigenvalue weighted by atomic mass is 16.5. The standard InChI is InChI=1S/C11H13NO3/c1-7-4-10(12-8(2)14)9(6-13)5-11(7)15-3/h4-6H,1-3H3,(H,12,14). The fraction of sp³-hybridized carbons (Fsp3) is 0.273. The molecule has 0 saturated heterocycles. The molecule has 1 amide bonds. The van der Waals surface area contributed by atoms with Crippen molar-refractivity contribution in [1.29, 1.82) is 0 Å². The molecule has 0 spiro atoms. The van der Waals surface area contributed by atoms with Crippen molar-refractivity contribution in [2.24, 2.45) is 0 Å². The van der Waals surface area contributed by atoms with Crippen molar-refractivity contribution in [1.82, 2.24) is 0 Å². The summed E-state index contributed by atoms with van der Waals surface area (Å²) in [5.41, 5.74) is 1.79. The van der Waals surface area contributed by atoms with Crippen molar-refractivity contribution in [2.45, 2.75) is 13.8 Å². The lowest BCUT2D eigenvalue weighted by Gasteiger charge is -2.10. The minimum absolute atomic E-state index is 0.206. The van der Waals surface area contributed by atoms with Crippen LogP contribution in [0.1, 0.15) is 22.8 Å². The second-order valence-electron chi connectivity index (χ2n) is 3.21. The van der Waals surface area contributed by atoms with Crippen LogP contribution in [0.25, 0.3) is 0 Å². The number of hydrogen-bond donors (Lipinski definition) is 1. The predicted molar refractivity (Wildman–Crippen MR) is 57.4 cm³/mol. The van der Waals surface area contributed by atoms with Gasteiger partial charge in [-0.1, -0.05) is 0 Å². The highest BCUT2D eigenvalue weighted by molar-refractivity contribution is 5.95. The number of carbonyl (C=O) groups is 2. The molecule has 1 rings (SSSR count). The van der Waals surface area contributed by atoms with Gasteiger partial charge in [-0.05, 0) is 24.6 Å². The van der Waals surface area contributed by atoms with E-state index in [1.165, 1.54) is 14.0 Å². The van der Waals surface area contributed by atoms with E-state index in [2.05, 4.69) is 5.32 Å². The van der Waals surface area contributed by atoms with Crippen LogP contribution >= 0.6 is 0 Å². The Labute approximate surface area is 88.2 Å². The maximum Gasteiger partial charge on any atom is 0.221 e. The van der Waals surface area contributed by atoms with Crippen LogP contribution in [0.2, 0.25) is 0 Å². The number of amides is 1. The average molecular weight is 207 g/mol. The number of carbonyl (C=O) groups excluding carboxylic acids is 2. The molecule has 1 aromatic carbocycles. The Hall–Kier alpha value is -1.84. The molecule has 0 saturated carbocycles. The first-order valence-corrected chi connectivity index (χ1v) is 4.50. The van der Waals surface area contributed by atoms with Crippen LogP contribution in [0.4, 0.5) is 5.69 Å². The molecule has 0 aliphatic carbocycles. The molecule has 80 valence electrons. The molecule has 0 atom stereocenters. The number of rotatable bonds is 3. The maximum absolute atomic E-state index is 10.9. The van der Waals surface area contributed by atoms with Gasteiger partial charge in [0.1, 0.15) is 5.75 Å². The molecule has 0 fully saturated rings. The number of aryl methyl sites for hydroxylation is 1. The normalized spacial score (nSPS) is 9.53. The zero-order chi connectivity index (χ0) is 11.4. The maximum atomic E-state index is 10.9. The van der Waals surface area contributed by atoms with Crippen molar-refractivity contribution in [3.05, 3.63) is 23.3 Å². The van der Waals surface area contributed by atoms with Crippen LogP contribution in [-0.2, 0) is 4.79 Å². The van der Waals surface area contributed by atoms with Gasteiger partial charge >= 0.3 is 0 Å². The number of methoxy groups -OCH3 is 1. The fourth-order valence-corrected chi connectivity index (χ4v) is 1.32. The van der Waals surface area contributed by atoms with Crippen LogP contribution in [0.3, 0.4) is 0 Å². The van der Waals surface area contributed by atoms with Crippen LogP contribution in [0.5, 0.6) is 5.75 Å². The van der Waals surface area contributed by atoms with E-state index < -0.39 is 0 Å². The zero-order valence-electron chi connectivity index (χ0n) is 8.96. The zero-order valence-corrected chi connectivity index (χ0v) is 8.96. The average Bonchev–Trinajstić information content (AvgIpc) is 2.17. The van der Waals surface area contributed by atoms with Crippen molar-refractivity contribution >= 4 is 17.9 Å². The summed E-state index contributed by atoms with van der Waals surface area (Å²) in [6.07, 6.45) is 0.688. The summed E-state index contributed by atoms with van der Waals surface area (Å²) in [7, 11) is 1.54. The summed E-state index contributed by atoms with van der Waals surface area (Å²) in [4.78, 5) is 21.7. The molecule has 0 aliphatic rings. The fourth-order valence-electron chi connectivity index (χ4n) is 1.32. The van der Waals surface area contributed by atoms with E-state index in [9.17, 15) is 9.59 Å². The molecule has 4 nitrogen and oxygen atoms in total. The number of ether oxygens (including phenoxy) is 1. The molecule has 0 bridgehead atoms. The number of hydrogen-bond acceptors (Lipinski definition) is 3. The Balaban J connectivity index is 3.20. The van der Waals surface area contributed by atoms with Gasteiger partial charge in [-0.3, -0.25) is 9.59 Å². The molecule has 0 aliphatic heterocycles. The summed E-state index contributed by atoms with van der Waals surface area (Å²) in [5.74, 6) is 0.425. The molecular formula is C11H13NO3. The quantitative estimate of drug-likeness (QED) is 0.768. The number of aldehydes is 1. The second kappa shape index (κ2) is 4.59. The molecule has 1 aromatic rings. The van der Waals surface area contributed by atoms with E-state index in [4.69, 9.17) is 4.74 Å². The van der Waals surface area contributed by atoms with Gasteiger partial charge < -0.3 is 10.1 Å². The molecule has 0 heterocycles. The van der Waals surface area contributed by atoms with Crippen molar-refractivity contribution in [2.75, 3.05) is 12.4 Å². The number of benzene rings is 1. The molecule has 0 aromatic heterocycles. The van der Waals surface area contributed by atoms with Gasteiger partial charge in [-0.15, -0.1) is 0 Å². The Morgan fingerprint density at radius 1 is 1.47 bits per heavy atom. The van der Waals surface area contributed by atoms with Gasteiger partial charge in [0.25, 0.3) is 0 Å². The van der Waals surface area contributed by atoms with Gasteiger partial charge in [0.05, 0.1) is 12.8 Å². The van der Waals surface area contributed by atoms with E-state index in [1.807, 2.05) is 6.92 Å².